The van der Waals surface area contributed by atoms with Gasteiger partial charge in [0, 0.05) is 17.6 Å². The number of halogens is 1. The lowest BCUT2D eigenvalue weighted by molar-refractivity contribution is -0.146. The third-order valence-electron chi connectivity index (χ3n) is 6.19. The summed E-state index contributed by atoms with van der Waals surface area (Å²) >= 11 is 6.41. The van der Waals surface area contributed by atoms with Crippen molar-refractivity contribution in [2.24, 2.45) is 5.92 Å². The Bertz CT molecular complexity index is 1470. The van der Waals surface area contributed by atoms with Crippen LogP contribution in [0.1, 0.15) is 38.1 Å². The van der Waals surface area contributed by atoms with Crippen LogP contribution < -0.4 is 10.2 Å². The van der Waals surface area contributed by atoms with Crippen molar-refractivity contribution < 1.29 is 14.3 Å². The van der Waals surface area contributed by atoms with Crippen LogP contribution in [0.2, 0.25) is 5.02 Å². The molecule has 0 amide bonds. The van der Waals surface area contributed by atoms with E-state index in [1.54, 1.807) is 36.7 Å². The van der Waals surface area contributed by atoms with Crippen molar-refractivity contribution in [1.82, 2.24) is 19.2 Å². The van der Waals surface area contributed by atoms with Crippen molar-refractivity contribution in [3.63, 3.8) is 0 Å². The minimum absolute atomic E-state index is 0.126. The van der Waals surface area contributed by atoms with Crippen LogP contribution >= 0.6 is 11.6 Å². The number of imidazole rings is 1. The third kappa shape index (κ3) is 4.03. The van der Waals surface area contributed by atoms with Crippen LogP contribution in [0.3, 0.4) is 0 Å². The molecule has 176 valence electrons. The van der Waals surface area contributed by atoms with Gasteiger partial charge in [-0.1, -0.05) is 23.7 Å². The lowest BCUT2D eigenvalue weighted by Gasteiger charge is -2.22. The van der Waals surface area contributed by atoms with E-state index in [-0.39, 0.29) is 11.1 Å². The van der Waals surface area contributed by atoms with Gasteiger partial charge in [-0.3, -0.25) is 14.3 Å². The summed E-state index contributed by atoms with van der Waals surface area (Å²) in [4.78, 5) is 30.3. The molecule has 8 nitrogen and oxygen atoms in total. The molecular formula is C25H25ClN4O4. The number of fused-ring (bicyclic) bond motifs is 2. The van der Waals surface area contributed by atoms with Crippen LogP contribution in [0.15, 0.2) is 47.5 Å². The van der Waals surface area contributed by atoms with Crippen molar-refractivity contribution in [1.29, 1.82) is 0 Å². The molecule has 0 N–H and O–H groups in total. The first kappa shape index (κ1) is 22.4. The normalized spacial score (nSPS) is 14.0. The first-order chi connectivity index (χ1) is 16.3. The molecule has 1 saturated carbocycles. The van der Waals surface area contributed by atoms with Gasteiger partial charge in [-0.25, -0.2) is 4.98 Å². The quantitative estimate of drug-likeness (QED) is 0.372. The van der Waals surface area contributed by atoms with E-state index in [9.17, 15) is 9.59 Å². The smallest absolute Gasteiger partial charge is 0.317 e. The van der Waals surface area contributed by atoms with Crippen molar-refractivity contribution in [2.45, 2.75) is 38.6 Å². The molecule has 0 unspecified atom stereocenters. The summed E-state index contributed by atoms with van der Waals surface area (Å²) in [7, 11) is 1.30. The number of aromatic nitrogens is 4. The van der Waals surface area contributed by atoms with Crippen LogP contribution in [0.25, 0.3) is 16.6 Å². The summed E-state index contributed by atoms with van der Waals surface area (Å²) < 4.78 is 14.4. The largest absolute Gasteiger partial charge is 0.490 e. The highest BCUT2D eigenvalue weighted by Gasteiger charge is 2.36. The molecule has 34 heavy (non-hydrogen) atoms. The number of methoxy groups -OCH3 is 1. The van der Waals surface area contributed by atoms with Crippen LogP contribution in [-0.4, -0.2) is 38.9 Å². The summed E-state index contributed by atoms with van der Waals surface area (Å²) in [5.74, 6) is 0.715. The molecule has 1 aliphatic carbocycles. The van der Waals surface area contributed by atoms with E-state index in [4.69, 9.17) is 21.1 Å². The van der Waals surface area contributed by atoms with Gasteiger partial charge in [-0.2, -0.15) is 5.10 Å². The maximum Gasteiger partial charge on any atom is 0.317 e. The van der Waals surface area contributed by atoms with Gasteiger partial charge >= 0.3 is 5.97 Å². The summed E-state index contributed by atoms with van der Waals surface area (Å²) in [5, 5.41) is 5.59. The maximum atomic E-state index is 13.2. The van der Waals surface area contributed by atoms with Crippen LogP contribution in [0, 0.1) is 5.92 Å². The molecule has 1 aromatic carbocycles. The molecular weight excluding hydrogens is 456 g/mol. The first-order valence-corrected chi connectivity index (χ1v) is 11.5. The van der Waals surface area contributed by atoms with Crippen LogP contribution in [0.5, 0.6) is 5.75 Å². The molecule has 3 aromatic heterocycles. The second-order valence-electron chi connectivity index (χ2n) is 9.21. The maximum absolute atomic E-state index is 13.2. The summed E-state index contributed by atoms with van der Waals surface area (Å²) in [6, 6.07) is 8.97. The van der Waals surface area contributed by atoms with Gasteiger partial charge in [-0.15, -0.1) is 0 Å². The predicted molar refractivity (Wildman–Crippen MR) is 129 cm³/mol. The Morgan fingerprint density at radius 3 is 2.74 bits per heavy atom. The molecule has 1 aliphatic rings. The highest BCUT2D eigenvalue weighted by atomic mass is 35.5. The number of esters is 1. The molecule has 5 rings (SSSR count). The monoisotopic (exact) mass is 480 g/mol. The molecule has 3 heterocycles. The molecule has 0 atom stereocenters. The first-order valence-electron chi connectivity index (χ1n) is 11.2. The zero-order chi connectivity index (χ0) is 24.0. The SMILES string of the molecule is COC(=O)C(C)(C)c1nn(Cc2cn3cc(OCC4CC4)c(Cl)cc3n2)c2ccccc2c1=O. The Kier molecular flexibility index (Phi) is 5.56. The number of nitrogens with zero attached hydrogens (tertiary/aromatic N) is 4. The average molecular weight is 481 g/mol. The Labute approximate surface area is 201 Å². The zero-order valence-corrected chi connectivity index (χ0v) is 20.0. The van der Waals surface area contributed by atoms with Crippen molar-refractivity contribution in [3.8, 4) is 5.75 Å². The van der Waals surface area contributed by atoms with Gasteiger partial charge in [-0.05, 0) is 44.7 Å². The summed E-state index contributed by atoms with van der Waals surface area (Å²) in [5.41, 5.74) is 0.679. The molecule has 4 aromatic rings. The molecule has 0 aliphatic heterocycles. The molecule has 0 bridgehead atoms. The van der Waals surface area contributed by atoms with Gasteiger partial charge in [0.05, 0.1) is 42.7 Å². The molecule has 1 fully saturated rings. The topological polar surface area (TPSA) is 87.7 Å². The average Bonchev–Trinajstić information content (AvgIpc) is 3.58. The van der Waals surface area contributed by atoms with E-state index in [1.807, 2.05) is 28.9 Å². The van der Waals surface area contributed by atoms with Gasteiger partial charge in [0.15, 0.2) is 5.75 Å². The van der Waals surface area contributed by atoms with Crippen molar-refractivity contribution in [2.75, 3.05) is 13.7 Å². The van der Waals surface area contributed by atoms with E-state index in [1.165, 1.54) is 20.0 Å². The van der Waals surface area contributed by atoms with Crippen LogP contribution in [0.4, 0.5) is 0 Å². The van der Waals surface area contributed by atoms with E-state index in [2.05, 4.69) is 10.1 Å². The summed E-state index contributed by atoms with van der Waals surface area (Å²) in [6.07, 6.45) is 6.11. The number of pyridine rings is 1. The van der Waals surface area contributed by atoms with Gasteiger partial charge in [0.2, 0.25) is 5.43 Å². The van der Waals surface area contributed by atoms with Gasteiger partial charge < -0.3 is 13.9 Å². The fraction of sp³-hybridized carbons (Fsp3) is 0.360. The Balaban J connectivity index is 1.56. The Morgan fingerprint density at radius 2 is 2.00 bits per heavy atom. The van der Waals surface area contributed by atoms with E-state index < -0.39 is 11.4 Å². The molecule has 0 saturated heterocycles. The predicted octanol–water partition coefficient (Wildman–Crippen LogP) is 3.99. The molecule has 0 spiro atoms. The number of carbonyl (C=O) groups excluding carboxylic acids is 1. The standard InChI is InChI=1S/C25H25ClN4O4/c1-25(2,24(32)33-3)23-22(31)17-6-4-5-7-19(17)30(28-23)12-16-11-29-13-20(34-14-15-8-9-15)18(26)10-21(29)27-16/h4-7,10-11,13,15H,8-9,12,14H2,1-3H3. The minimum Gasteiger partial charge on any atom is -0.490 e. The van der Waals surface area contributed by atoms with E-state index >= 15 is 0 Å². The van der Waals surface area contributed by atoms with E-state index in [0.717, 1.165) is 5.69 Å². The number of hydrogen-bond acceptors (Lipinski definition) is 6. The lowest BCUT2D eigenvalue weighted by Crippen LogP contribution is -2.38. The van der Waals surface area contributed by atoms with Gasteiger partial charge in [0.25, 0.3) is 0 Å². The number of rotatable bonds is 7. The lowest BCUT2D eigenvalue weighted by atomic mass is 9.88. The minimum atomic E-state index is -1.21. The third-order valence-corrected chi connectivity index (χ3v) is 6.49. The van der Waals surface area contributed by atoms with E-state index in [0.29, 0.717) is 46.4 Å². The highest BCUT2D eigenvalue weighted by molar-refractivity contribution is 6.32. The molecule has 9 heteroatoms. The van der Waals surface area contributed by atoms with Gasteiger partial charge in [0.1, 0.15) is 16.8 Å². The zero-order valence-electron chi connectivity index (χ0n) is 19.2. The summed E-state index contributed by atoms with van der Waals surface area (Å²) in [6.45, 7) is 4.23. The fourth-order valence-electron chi connectivity index (χ4n) is 3.99. The highest BCUT2D eigenvalue weighted by Crippen LogP contribution is 2.32. The number of hydrogen-bond donors (Lipinski definition) is 0. The second-order valence-corrected chi connectivity index (χ2v) is 9.61. The number of para-hydroxylation sites is 1. The van der Waals surface area contributed by atoms with Crippen LogP contribution in [-0.2, 0) is 21.5 Å². The number of benzene rings is 1. The second kappa shape index (κ2) is 8.43. The molecule has 0 radical (unpaired) electrons. The number of carbonyl (C=O) groups is 1. The fourth-order valence-corrected chi connectivity index (χ4v) is 4.19. The Morgan fingerprint density at radius 1 is 1.24 bits per heavy atom. The van der Waals surface area contributed by atoms with Crippen molar-refractivity contribution >= 4 is 34.1 Å². The van der Waals surface area contributed by atoms with Crippen molar-refractivity contribution in [3.05, 3.63) is 69.4 Å². The Hall–Kier alpha value is -3.39. The number of ether oxygens (including phenoxy) is 2.